The van der Waals surface area contributed by atoms with E-state index in [1.54, 1.807) is 16.9 Å². The van der Waals surface area contributed by atoms with Gasteiger partial charge >= 0.3 is 0 Å². The quantitative estimate of drug-likeness (QED) is 0.773. The highest BCUT2D eigenvalue weighted by molar-refractivity contribution is 6.30. The third-order valence-corrected chi connectivity index (χ3v) is 3.68. The van der Waals surface area contributed by atoms with Gasteiger partial charge in [0, 0.05) is 12.1 Å². The molecule has 0 aliphatic rings. The minimum Gasteiger partial charge on any atom is -0.394 e. The predicted molar refractivity (Wildman–Crippen MR) is 85.9 cm³/mol. The van der Waals surface area contributed by atoms with E-state index >= 15 is 0 Å². The molecule has 0 amide bonds. The largest absolute Gasteiger partial charge is 0.394 e. The van der Waals surface area contributed by atoms with E-state index in [4.69, 9.17) is 11.6 Å². The van der Waals surface area contributed by atoms with E-state index in [0.717, 1.165) is 16.6 Å². The monoisotopic (exact) mass is 317 g/mol. The number of aliphatic hydroxyl groups is 1. The molecule has 7 heteroatoms. The molecule has 3 aromatic rings. The molecular formula is C15H16ClN5O. The Labute approximate surface area is 132 Å². The zero-order valence-corrected chi connectivity index (χ0v) is 13.0. The van der Waals surface area contributed by atoms with E-state index in [2.05, 4.69) is 20.4 Å². The van der Waals surface area contributed by atoms with Crippen molar-refractivity contribution in [3.05, 3.63) is 46.9 Å². The van der Waals surface area contributed by atoms with Gasteiger partial charge in [-0.3, -0.25) is 4.68 Å². The van der Waals surface area contributed by atoms with Crippen molar-refractivity contribution in [2.45, 2.75) is 13.0 Å². The molecule has 1 aromatic carbocycles. The summed E-state index contributed by atoms with van der Waals surface area (Å²) < 4.78 is 1.70. The van der Waals surface area contributed by atoms with Crippen molar-refractivity contribution in [2.75, 3.05) is 11.9 Å². The minimum atomic E-state index is -0.309. The van der Waals surface area contributed by atoms with Gasteiger partial charge in [-0.2, -0.15) is 5.10 Å². The number of aryl methyl sites for hydroxylation is 2. The molecule has 1 atom stereocenters. The molecule has 0 radical (unpaired) electrons. The topological polar surface area (TPSA) is 75.9 Å². The number of halogens is 1. The molecule has 114 valence electrons. The summed E-state index contributed by atoms with van der Waals surface area (Å²) in [6, 6.07) is 7.08. The first-order chi connectivity index (χ1) is 10.6. The second kappa shape index (κ2) is 5.90. The predicted octanol–water partition coefficient (Wildman–Crippen LogP) is 2.47. The summed E-state index contributed by atoms with van der Waals surface area (Å²) in [5.74, 6) is 1.29. The van der Waals surface area contributed by atoms with Crippen molar-refractivity contribution in [3.8, 4) is 0 Å². The van der Waals surface area contributed by atoms with E-state index in [9.17, 15) is 5.11 Å². The van der Waals surface area contributed by atoms with Crippen LogP contribution in [0.3, 0.4) is 0 Å². The van der Waals surface area contributed by atoms with Crippen LogP contribution in [-0.4, -0.2) is 31.5 Å². The summed E-state index contributed by atoms with van der Waals surface area (Å²) in [5, 5.41) is 18.6. The van der Waals surface area contributed by atoms with Crippen LogP contribution in [0.5, 0.6) is 0 Å². The third-order valence-electron chi connectivity index (χ3n) is 3.45. The number of benzene rings is 1. The second-order valence-corrected chi connectivity index (χ2v) is 5.50. The number of aromatic nitrogens is 4. The molecule has 0 fully saturated rings. The van der Waals surface area contributed by atoms with E-state index in [-0.39, 0.29) is 12.6 Å². The van der Waals surface area contributed by atoms with Crippen LogP contribution in [-0.2, 0) is 7.05 Å². The maximum atomic E-state index is 9.71. The second-order valence-electron chi connectivity index (χ2n) is 5.06. The van der Waals surface area contributed by atoms with Gasteiger partial charge in [-0.05, 0) is 24.6 Å². The summed E-state index contributed by atoms with van der Waals surface area (Å²) >= 11 is 6.02. The lowest BCUT2D eigenvalue weighted by atomic mass is 10.1. The van der Waals surface area contributed by atoms with E-state index in [0.29, 0.717) is 16.7 Å². The van der Waals surface area contributed by atoms with Gasteiger partial charge in [0.1, 0.15) is 11.6 Å². The fraction of sp³-hybridized carbons (Fsp3) is 0.267. The van der Waals surface area contributed by atoms with Crippen LogP contribution in [0.15, 0.2) is 30.5 Å². The van der Waals surface area contributed by atoms with Crippen LogP contribution in [0.25, 0.3) is 11.0 Å². The molecule has 0 saturated carbocycles. The first kappa shape index (κ1) is 14.7. The van der Waals surface area contributed by atoms with Gasteiger partial charge < -0.3 is 10.4 Å². The van der Waals surface area contributed by atoms with Gasteiger partial charge in [-0.15, -0.1) is 0 Å². The Morgan fingerprint density at radius 2 is 2.18 bits per heavy atom. The molecule has 2 aromatic heterocycles. The number of anilines is 1. The molecule has 0 aliphatic heterocycles. The Hall–Kier alpha value is -2.18. The Morgan fingerprint density at radius 1 is 1.36 bits per heavy atom. The number of nitrogens with zero attached hydrogens (tertiary/aromatic N) is 4. The van der Waals surface area contributed by atoms with Crippen LogP contribution in [0.1, 0.15) is 17.4 Å². The van der Waals surface area contributed by atoms with Crippen molar-refractivity contribution in [3.63, 3.8) is 0 Å². The Kier molecular flexibility index (Phi) is 3.96. The Balaban J connectivity index is 2.00. The molecule has 2 N–H and O–H groups in total. The normalized spacial score (nSPS) is 12.5. The molecule has 0 spiro atoms. The lowest BCUT2D eigenvalue weighted by molar-refractivity contribution is 0.276. The zero-order chi connectivity index (χ0) is 15.7. The van der Waals surface area contributed by atoms with Crippen LogP contribution in [0, 0.1) is 6.92 Å². The molecule has 1 unspecified atom stereocenters. The molecule has 0 saturated heterocycles. The standard InChI is InChI=1S/C15H16ClN5O/c1-9-18-14(12-7-17-21(2)15(12)19-9)20-13(8-22)10-4-3-5-11(16)6-10/h3-7,13,22H,8H2,1-2H3,(H,18,19,20). The van der Waals surface area contributed by atoms with Crippen LogP contribution in [0.2, 0.25) is 5.02 Å². The molecule has 22 heavy (non-hydrogen) atoms. The SMILES string of the molecule is Cc1nc(NC(CO)c2cccc(Cl)c2)c2cnn(C)c2n1. The van der Waals surface area contributed by atoms with Crippen molar-refractivity contribution in [2.24, 2.45) is 7.05 Å². The summed E-state index contributed by atoms with van der Waals surface area (Å²) in [5.41, 5.74) is 1.64. The number of fused-ring (bicyclic) bond motifs is 1. The number of hydrogen-bond donors (Lipinski definition) is 2. The minimum absolute atomic E-state index is 0.0782. The van der Waals surface area contributed by atoms with Gasteiger partial charge in [0.15, 0.2) is 5.65 Å². The van der Waals surface area contributed by atoms with Crippen molar-refractivity contribution >= 4 is 28.5 Å². The summed E-state index contributed by atoms with van der Waals surface area (Å²) in [6.07, 6.45) is 1.71. The Morgan fingerprint density at radius 3 is 2.91 bits per heavy atom. The lowest BCUT2D eigenvalue weighted by Gasteiger charge is -2.18. The molecule has 3 rings (SSSR count). The average molecular weight is 318 g/mol. The molecule has 6 nitrogen and oxygen atoms in total. The van der Waals surface area contributed by atoms with E-state index in [1.165, 1.54) is 0 Å². The average Bonchev–Trinajstić information content (AvgIpc) is 2.86. The van der Waals surface area contributed by atoms with Crippen LogP contribution >= 0.6 is 11.6 Å². The maximum absolute atomic E-state index is 9.71. The van der Waals surface area contributed by atoms with Gasteiger partial charge in [0.2, 0.25) is 0 Å². The van der Waals surface area contributed by atoms with Crippen molar-refractivity contribution < 1.29 is 5.11 Å². The summed E-state index contributed by atoms with van der Waals surface area (Å²) in [7, 11) is 1.83. The smallest absolute Gasteiger partial charge is 0.163 e. The zero-order valence-electron chi connectivity index (χ0n) is 12.3. The third kappa shape index (κ3) is 2.75. The number of hydrogen-bond acceptors (Lipinski definition) is 5. The van der Waals surface area contributed by atoms with Crippen LogP contribution in [0.4, 0.5) is 5.82 Å². The molecule has 0 aliphatic carbocycles. The van der Waals surface area contributed by atoms with Crippen LogP contribution < -0.4 is 5.32 Å². The molecular weight excluding hydrogens is 302 g/mol. The lowest BCUT2D eigenvalue weighted by Crippen LogP contribution is -2.16. The van der Waals surface area contributed by atoms with Crippen molar-refractivity contribution in [1.82, 2.24) is 19.7 Å². The van der Waals surface area contributed by atoms with E-state index < -0.39 is 0 Å². The molecule has 2 heterocycles. The highest BCUT2D eigenvalue weighted by atomic mass is 35.5. The Bertz CT molecular complexity index is 817. The van der Waals surface area contributed by atoms with Gasteiger partial charge in [0.25, 0.3) is 0 Å². The number of nitrogens with one attached hydrogen (secondary N) is 1. The molecule has 0 bridgehead atoms. The highest BCUT2D eigenvalue weighted by Gasteiger charge is 2.15. The van der Waals surface area contributed by atoms with Crippen molar-refractivity contribution in [1.29, 1.82) is 0 Å². The maximum Gasteiger partial charge on any atom is 0.163 e. The highest BCUT2D eigenvalue weighted by Crippen LogP contribution is 2.25. The first-order valence-corrected chi connectivity index (χ1v) is 7.25. The van der Waals surface area contributed by atoms with E-state index in [1.807, 2.05) is 32.2 Å². The van der Waals surface area contributed by atoms with Gasteiger partial charge in [0.05, 0.1) is 24.2 Å². The summed E-state index contributed by atoms with van der Waals surface area (Å²) in [6.45, 7) is 1.75. The van der Waals surface area contributed by atoms with Gasteiger partial charge in [-0.1, -0.05) is 23.7 Å². The fourth-order valence-corrected chi connectivity index (χ4v) is 2.56. The summed E-state index contributed by atoms with van der Waals surface area (Å²) in [4.78, 5) is 8.81. The first-order valence-electron chi connectivity index (χ1n) is 6.87. The van der Waals surface area contributed by atoms with Gasteiger partial charge in [-0.25, -0.2) is 9.97 Å². The fourth-order valence-electron chi connectivity index (χ4n) is 2.36. The number of rotatable bonds is 4. The number of aliphatic hydroxyl groups excluding tert-OH is 1.